The molecule has 0 saturated carbocycles. The second-order valence-electron chi connectivity index (χ2n) is 7.21. The molecule has 0 radical (unpaired) electrons. The summed E-state index contributed by atoms with van der Waals surface area (Å²) >= 11 is 0. The van der Waals surface area contributed by atoms with Crippen molar-refractivity contribution in [2.24, 2.45) is 0 Å². The summed E-state index contributed by atoms with van der Waals surface area (Å²) in [7, 11) is 0. The van der Waals surface area contributed by atoms with E-state index in [0.29, 0.717) is 29.7 Å². The molecule has 0 unspecified atom stereocenters. The van der Waals surface area contributed by atoms with Gasteiger partial charge in [0.05, 0.1) is 11.1 Å². The molecule has 32 heavy (non-hydrogen) atoms. The summed E-state index contributed by atoms with van der Waals surface area (Å²) < 4.78 is 78.4. The van der Waals surface area contributed by atoms with Crippen molar-refractivity contribution < 1.29 is 41.0 Å². The highest BCUT2D eigenvalue weighted by molar-refractivity contribution is 6.13. The summed E-state index contributed by atoms with van der Waals surface area (Å²) in [6.07, 6.45) is -5.76. The fraction of sp³-hybridized carbons (Fsp3) is 0.217. The molecule has 3 nitrogen and oxygen atoms in total. The fourth-order valence-electron chi connectivity index (χ4n) is 3.34. The van der Waals surface area contributed by atoms with Crippen LogP contribution in [0.4, 0.5) is 26.3 Å². The molecule has 1 aliphatic carbocycles. The van der Waals surface area contributed by atoms with Crippen LogP contribution in [0.5, 0.6) is 0 Å². The second kappa shape index (κ2) is 8.74. The van der Waals surface area contributed by atoms with Crippen LogP contribution in [-0.4, -0.2) is 23.3 Å². The quantitative estimate of drug-likeness (QED) is 0.490. The lowest BCUT2D eigenvalue weighted by Gasteiger charge is -2.19. The number of benzene rings is 2. The number of allylic oxidation sites excluding steroid dienone is 1. The lowest BCUT2D eigenvalue weighted by Crippen LogP contribution is -2.15. The molecule has 0 amide bonds. The van der Waals surface area contributed by atoms with Gasteiger partial charge in [-0.1, -0.05) is 24.3 Å². The lowest BCUT2D eigenvalue weighted by atomic mass is 9.85. The number of carbonyl (C=O) groups excluding carboxylic acids is 2. The molecule has 3 rings (SSSR count). The number of hydrogen-bond acceptors (Lipinski definition) is 3. The summed E-state index contributed by atoms with van der Waals surface area (Å²) in [4.78, 5) is 24.0. The Bertz CT molecular complexity index is 1090. The van der Waals surface area contributed by atoms with Gasteiger partial charge in [-0.25, -0.2) is 0 Å². The summed E-state index contributed by atoms with van der Waals surface area (Å²) in [5, 5.41) is 8.74. The largest absolute Gasteiger partial charge is 0.416 e. The van der Waals surface area contributed by atoms with Gasteiger partial charge in [-0.15, -0.1) is 0 Å². The third kappa shape index (κ3) is 5.34. The van der Waals surface area contributed by atoms with Crippen molar-refractivity contribution in [3.63, 3.8) is 0 Å². The zero-order valence-corrected chi connectivity index (χ0v) is 16.3. The van der Waals surface area contributed by atoms with Gasteiger partial charge in [0.15, 0.2) is 11.6 Å². The van der Waals surface area contributed by atoms with Crippen molar-refractivity contribution in [3.8, 4) is 0 Å². The molecule has 9 heteroatoms. The molecule has 0 bridgehead atoms. The number of Topliss-reactive ketones (excluding diaryl/α,β-unsaturated/α-hetero) is 1. The smallest absolute Gasteiger partial charge is 0.388 e. The van der Waals surface area contributed by atoms with Gasteiger partial charge in [-0.3, -0.25) is 9.59 Å². The average molecular weight is 454 g/mol. The van der Waals surface area contributed by atoms with E-state index in [-0.39, 0.29) is 29.2 Å². The van der Waals surface area contributed by atoms with Crippen LogP contribution in [0.3, 0.4) is 0 Å². The molecule has 2 aromatic carbocycles. The molecule has 0 aliphatic heterocycles. The van der Waals surface area contributed by atoms with Gasteiger partial charge in [0.1, 0.15) is 6.61 Å². The first kappa shape index (κ1) is 23.5. The number of hydrogen-bond donors (Lipinski definition) is 1. The third-order valence-electron chi connectivity index (χ3n) is 4.90. The molecule has 0 heterocycles. The average Bonchev–Trinajstić information content (AvgIpc) is 2.72. The van der Waals surface area contributed by atoms with Gasteiger partial charge in [-0.2, -0.15) is 26.3 Å². The maximum absolute atomic E-state index is 13.1. The summed E-state index contributed by atoms with van der Waals surface area (Å²) in [6.45, 7) is -0.639. The SMILES string of the molecule is O=C(/C=C/c1ccc2c(c1)CC/C(=C\c1cc(C(F)(F)F)cc(C(F)(F)F)c1)C2=O)CO. The number of alkyl halides is 6. The van der Waals surface area contributed by atoms with Crippen molar-refractivity contribution in [3.05, 3.63) is 81.4 Å². The van der Waals surface area contributed by atoms with Crippen LogP contribution in [0.1, 0.15) is 44.6 Å². The van der Waals surface area contributed by atoms with Gasteiger partial charge < -0.3 is 5.11 Å². The molecule has 0 atom stereocenters. The first-order valence-electron chi connectivity index (χ1n) is 9.38. The maximum Gasteiger partial charge on any atom is 0.416 e. The Balaban J connectivity index is 1.96. The molecule has 2 aromatic rings. The Morgan fingerprint density at radius 2 is 1.53 bits per heavy atom. The highest BCUT2D eigenvalue weighted by atomic mass is 19.4. The molecule has 0 aromatic heterocycles. The number of aliphatic hydroxyl groups is 1. The molecule has 1 N–H and O–H groups in total. The fourth-order valence-corrected chi connectivity index (χ4v) is 3.34. The molecule has 0 fully saturated rings. The highest BCUT2D eigenvalue weighted by Crippen LogP contribution is 2.37. The first-order valence-corrected chi connectivity index (χ1v) is 9.38. The molecular weight excluding hydrogens is 438 g/mol. The van der Waals surface area contributed by atoms with E-state index in [0.717, 1.165) is 6.08 Å². The number of halogens is 6. The zero-order valence-electron chi connectivity index (χ0n) is 16.3. The Hall–Kier alpha value is -3.20. The van der Waals surface area contributed by atoms with Crippen molar-refractivity contribution >= 4 is 23.7 Å². The monoisotopic (exact) mass is 454 g/mol. The number of aryl methyl sites for hydroxylation is 1. The Labute approximate surface area is 178 Å². The van der Waals surface area contributed by atoms with Gasteiger partial charge >= 0.3 is 12.4 Å². The van der Waals surface area contributed by atoms with Crippen molar-refractivity contribution in [1.82, 2.24) is 0 Å². The Morgan fingerprint density at radius 1 is 0.906 bits per heavy atom. The Kier molecular flexibility index (Phi) is 6.41. The zero-order chi connectivity index (χ0) is 23.7. The number of fused-ring (bicyclic) bond motifs is 1. The van der Waals surface area contributed by atoms with Crippen LogP contribution >= 0.6 is 0 Å². The van der Waals surface area contributed by atoms with Gasteiger partial charge in [0.25, 0.3) is 0 Å². The lowest BCUT2D eigenvalue weighted by molar-refractivity contribution is -0.143. The van der Waals surface area contributed by atoms with Crippen molar-refractivity contribution in [2.45, 2.75) is 25.2 Å². The minimum absolute atomic E-state index is 0.0383. The van der Waals surface area contributed by atoms with E-state index in [4.69, 9.17) is 5.11 Å². The van der Waals surface area contributed by atoms with Gasteiger partial charge in [0, 0.05) is 11.1 Å². The molecule has 0 spiro atoms. The predicted octanol–water partition coefficient (Wildman–Crippen LogP) is 5.51. The first-order chi connectivity index (χ1) is 14.9. The number of rotatable bonds is 4. The molecular formula is C23H16F6O3. The van der Waals surface area contributed by atoms with E-state index in [2.05, 4.69) is 0 Å². The summed E-state index contributed by atoms with van der Waals surface area (Å²) in [5.41, 5.74) is -1.61. The molecule has 0 saturated heterocycles. The van der Waals surface area contributed by atoms with E-state index in [1.165, 1.54) is 18.2 Å². The van der Waals surface area contributed by atoms with E-state index >= 15 is 0 Å². The second-order valence-corrected chi connectivity index (χ2v) is 7.21. The summed E-state index contributed by atoms with van der Waals surface area (Å²) in [6, 6.07) is 5.90. The predicted molar refractivity (Wildman–Crippen MR) is 105 cm³/mol. The maximum atomic E-state index is 13.1. The van der Waals surface area contributed by atoms with Gasteiger partial charge in [-0.05, 0) is 59.9 Å². The Morgan fingerprint density at radius 3 is 2.09 bits per heavy atom. The van der Waals surface area contributed by atoms with Crippen LogP contribution in [0, 0.1) is 0 Å². The number of carbonyl (C=O) groups is 2. The van der Waals surface area contributed by atoms with E-state index < -0.39 is 41.7 Å². The van der Waals surface area contributed by atoms with Crippen LogP contribution in [0.25, 0.3) is 12.2 Å². The van der Waals surface area contributed by atoms with Crippen molar-refractivity contribution in [2.75, 3.05) is 6.61 Å². The van der Waals surface area contributed by atoms with E-state index in [1.807, 2.05) is 0 Å². The molecule has 168 valence electrons. The van der Waals surface area contributed by atoms with Crippen LogP contribution in [-0.2, 0) is 23.6 Å². The minimum atomic E-state index is -4.97. The van der Waals surface area contributed by atoms with Crippen LogP contribution in [0.2, 0.25) is 0 Å². The molecule has 1 aliphatic rings. The van der Waals surface area contributed by atoms with Crippen LogP contribution < -0.4 is 0 Å². The normalized spacial score (nSPS) is 16.0. The number of aliphatic hydroxyl groups excluding tert-OH is 1. The third-order valence-corrected chi connectivity index (χ3v) is 4.90. The van der Waals surface area contributed by atoms with Crippen LogP contribution in [0.15, 0.2) is 48.0 Å². The van der Waals surface area contributed by atoms with Crippen molar-refractivity contribution in [1.29, 1.82) is 0 Å². The number of ketones is 2. The van der Waals surface area contributed by atoms with E-state index in [9.17, 15) is 35.9 Å². The standard InChI is InChI=1S/C23H16F6O3/c24-22(25,26)17-9-14(10-18(11-17)23(27,28)29)8-16-4-3-15-7-13(1-5-19(31)12-30)2-6-20(15)21(16)32/h1-2,5-11,30H,3-4,12H2/b5-1+,16-8+. The van der Waals surface area contributed by atoms with E-state index in [1.54, 1.807) is 12.1 Å². The summed E-state index contributed by atoms with van der Waals surface area (Å²) in [5.74, 6) is -0.984. The highest BCUT2D eigenvalue weighted by Gasteiger charge is 2.37. The van der Waals surface area contributed by atoms with Gasteiger partial charge in [0.2, 0.25) is 0 Å². The topological polar surface area (TPSA) is 54.4 Å². The minimum Gasteiger partial charge on any atom is -0.388 e.